The zero-order valence-electron chi connectivity index (χ0n) is 8.85. The maximum atomic E-state index is 12.7. The molecule has 2 aromatic heterocycles. The van der Waals surface area contributed by atoms with Crippen LogP contribution in [0.5, 0.6) is 0 Å². The van der Waals surface area contributed by atoms with Crippen LogP contribution in [-0.4, -0.2) is 9.97 Å². The van der Waals surface area contributed by atoms with E-state index >= 15 is 0 Å². The number of pyridine rings is 1. The normalized spacial score (nSPS) is 12.4. The lowest BCUT2D eigenvalue weighted by Gasteiger charge is -2.15. The van der Waals surface area contributed by atoms with Gasteiger partial charge >= 0.3 is 0 Å². The summed E-state index contributed by atoms with van der Waals surface area (Å²) in [6.07, 6.45) is 3.86. The van der Waals surface area contributed by atoms with E-state index in [-0.39, 0.29) is 11.9 Å². The molecule has 3 nitrogen and oxygen atoms in total. The van der Waals surface area contributed by atoms with Gasteiger partial charge in [0.2, 0.25) is 0 Å². The molecule has 0 saturated heterocycles. The summed E-state index contributed by atoms with van der Waals surface area (Å²) >= 11 is 1.54. The summed E-state index contributed by atoms with van der Waals surface area (Å²) < 4.78 is 12.7. The van der Waals surface area contributed by atoms with Gasteiger partial charge in [0.15, 0.2) is 5.13 Å². The van der Waals surface area contributed by atoms with Crippen LogP contribution in [-0.2, 0) is 0 Å². The number of hydrogen-bond acceptors (Lipinski definition) is 4. The highest BCUT2D eigenvalue weighted by Gasteiger charge is 2.11. The zero-order chi connectivity index (χ0) is 11.4. The predicted octanol–water partition coefficient (Wildman–Crippen LogP) is 3.24. The minimum absolute atomic E-state index is 0.0757. The molecule has 2 aromatic rings. The first-order chi connectivity index (χ1) is 7.79. The summed E-state index contributed by atoms with van der Waals surface area (Å²) in [7, 11) is 0. The Morgan fingerprint density at radius 2 is 2.31 bits per heavy atom. The van der Waals surface area contributed by atoms with Crippen LogP contribution in [0.25, 0.3) is 0 Å². The van der Waals surface area contributed by atoms with E-state index in [1.54, 1.807) is 23.6 Å². The number of aromatic nitrogens is 2. The highest BCUT2D eigenvalue weighted by Crippen LogP contribution is 2.22. The second-order valence-corrected chi connectivity index (χ2v) is 4.24. The maximum absolute atomic E-state index is 12.7. The summed E-state index contributed by atoms with van der Waals surface area (Å²) in [6.45, 7) is 2.05. The molecule has 0 bridgehead atoms. The molecule has 0 radical (unpaired) electrons. The molecule has 0 saturated carbocycles. The second kappa shape index (κ2) is 5.03. The number of halogens is 1. The first-order valence-electron chi connectivity index (χ1n) is 5.07. The van der Waals surface area contributed by atoms with E-state index in [0.717, 1.165) is 17.2 Å². The molecule has 2 rings (SSSR count). The molecule has 0 fully saturated rings. The molecule has 2 heterocycles. The number of hydrogen-bond donors (Lipinski definition) is 1. The van der Waals surface area contributed by atoms with E-state index in [1.807, 2.05) is 5.38 Å². The standard InChI is InChI=1S/C11H12FN3S/c1-2-9(15-11-13-5-6-16-11)10-4-3-8(12)7-14-10/h3-7,9H,2H2,1H3,(H,13,15). The van der Waals surface area contributed by atoms with Gasteiger partial charge in [0.25, 0.3) is 0 Å². The van der Waals surface area contributed by atoms with Crippen molar-refractivity contribution >= 4 is 16.5 Å². The van der Waals surface area contributed by atoms with Gasteiger partial charge < -0.3 is 5.32 Å². The molecule has 5 heteroatoms. The predicted molar refractivity (Wildman–Crippen MR) is 63.0 cm³/mol. The van der Waals surface area contributed by atoms with Crippen molar-refractivity contribution in [1.29, 1.82) is 0 Å². The van der Waals surface area contributed by atoms with Crippen LogP contribution >= 0.6 is 11.3 Å². The molecule has 0 aliphatic rings. The Morgan fingerprint density at radius 3 is 2.88 bits per heavy atom. The quantitative estimate of drug-likeness (QED) is 0.887. The molecule has 0 spiro atoms. The van der Waals surface area contributed by atoms with Crippen molar-refractivity contribution in [2.75, 3.05) is 5.32 Å². The van der Waals surface area contributed by atoms with Crippen LogP contribution < -0.4 is 5.32 Å². The lowest BCUT2D eigenvalue weighted by Crippen LogP contribution is -2.11. The molecule has 0 aliphatic carbocycles. The van der Waals surface area contributed by atoms with Gasteiger partial charge in [-0.05, 0) is 18.6 Å². The smallest absolute Gasteiger partial charge is 0.183 e. The van der Waals surface area contributed by atoms with Crippen LogP contribution in [0.1, 0.15) is 25.1 Å². The first kappa shape index (κ1) is 11.0. The third-order valence-corrected chi connectivity index (χ3v) is 2.95. The van der Waals surface area contributed by atoms with E-state index in [1.165, 1.54) is 12.3 Å². The first-order valence-corrected chi connectivity index (χ1v) is 5.95. The SMILES string of the molecule is CCC(Nc1nccs1)c1ccc(F)cn1. The van der Waals surface area contributed by atoms with Crippen molar-refractivity contribution in [3.05, 3.63) is 41.4 Å². The van der Waals surface area contributed by atoms with Crippen LogP contribution in [0, 0.1) is 5.82 Å². The van der Waals surface area contributed by atoms with Crippen LogP contribution in [0.15, 0.2) is 29.9 Å². The topological polar surface area (TPSA) is 37.8 Å². The highest BCUT2D eigenvalue weighted by atomic mass is 32.1. The Morgan fingerprint density at radius 1 is 1.44 bits per heavy atom. The number of thiazole rings is 1. The summed E-state index contributed by atoms with van der Waals surface area (Å²) in [5, 5.41) is 6.04. The molecule has 84 valence electrons. The molecular formula is C11H12FN3S. The van der Waals surface area contributed by atoms with Gasteiger partial charge in [-0.1, -0.05) is 6.92 Å². The Hall–Kier alpha value is -1.49. The molecule has 1 N–H and O–H groups in total. The molecule has 0 aliphatic heterocycles. The molecule has 0 aromatic carbocycles. The second-order valence-electron chi connectivity index (χ2n) is 3.34. The molecular weight excluding hydrogens is 225 g/mol. The lowest BCUT2D eigenvalue weighted by molar-refractivity contribution is 0.614. The Bertz CT molecular complexity index is 427. The van der Waals surface area contributed by atoms with Crippen LogP contribution in [0.4, 0.5) is 9.52 Å². The van der Waals surface area contributed by atoms with Crippen LogP contribution in [0.2, 0.25) is 0 Å². The summed E-state index contributed by atoms with van der Waals surface area (Å²) in [5.41, 5.74) is 0.833. The van der Waals surface area contributed by atoms with Gasteiger partial charge in [0.05, 0.1) is 17.9 Å². The Labute approximate surface area is 97.4 Å². The third-order valence-electron chi connectivity index (χ3n) is 2.25. The van der Waals surface area contributed by atoms with Crippen molar-refractivity contribution < 1.29 is 4.39 Å². The minimum Gasteiger partial charge on any atom is -0.353 e. The van der Waals surface area contributed by atoms with Gasteiger partial charge in [0, 0.05) is 11.6 Å². The van der Waals surface area contributed by atoms with Crippen molar-refractivity contribution in [3.63, 3.8) is 0 Å². The van der Waals surface area contributed by atoms with Crippen molar-refractivity contribution in [2.24, 2.45) is 0 Å². The number of nitrogens with zero attached hydrogens (tertiary/aromatic N) is 2. The maximum Gasteiger partial charge on any atom is 0.183 e. The van der Waals surface area contributed by atoms with E-state index in [2.05, 4.69) is 22.2 Å². The van der Waals surface area contributed by atoms with Gasteiger partial charge in [-0.2, -0.15) is 0 Å². The van der Waals surface area contributed by atoms with Crippen molar-refractivity contribution in [2.45, 2.75) is 19.4 Å². The fourth-order valence-corrected chi connectivity index (χ4v) is 2.00. The van der Waals surface area contributed by atoms with E-state index in [9.17, 15) is 4.39 Å². The minimum atomic E-state index is -0.312. The van der Waals surface area contributed by atoms with Gasteiger partial charge in [0.1, 0.15) is 5.82 Å². The van der Waals surface area contributed by atoms with Gasteiger partial charge in [-0.25, -0.2) is 9.37 Å². The average molecular weight is 237 g/mol. The molecule has 16 heavy (non-hydrogen) atoms. The Kier molecular flexibility index (Phi) is 3.46. The van der Waals surface area contributed by atoms with Gasteiger partial charge in [-0.3, -0.25) is 4.98 Å². The molecule has 1 atom stereocenters. The number of anilines is 1. The monoisotopic (exact) mass is 237 g/mol. The average Bonchev–Trinajstić information content (AvgIpc) is 2.80. The molecule has 1 unspecified atom stereocenters. The van der Waals surface area contributed by atoms with Crippen molar-refractivity contribution in [3.8, 4) is 0 Å². The largest absolute Gasteiger partial charge is 0.353 e. The van der Waals surface area contributed by atoms with Gasteiger partial charge in [-0.15, -0.1) is 11.3 Å². The highest BCUT2D eigenvalue weighted by molar-refractivity contribution is 7.13. The zero-order valence-corrected chi connectivity index (χ0v) is 9.67. The van der Waals surface area contributed by atoms with E-state index in [4.69, 9.17) is 0 Å². The summed E-state index contributed by atoms with van der Waals surface area (Å²) in [5.74, 6) is -0.312. The fourth-order valence-electron chi connectivity index (χ4n) is 1.42. The van der Waals surface area contributed by atoms with Crippen molar-refractivity contribution in [1.82, 2.24) is 9.97 Å². The summed E-state index contributed by atoms with van der Waals surface area (Å²) in [6, 6.07) is 3.20. The van der Waals surface area contributed by atoms with E-state index < -0.39 is 0 Å². The number of nitrogens with one attached hydrogen (secondary N) is 1. The molecule has 0 amide bonds. The third kappa shape index (κ3) is 2.55. The van der Waals surface area contributed by atoms with Crippen LogP contribution in [0.3, 0.4) is 0 Å². The summed E-state index contributed by atoms with van der Waals surface area (Å²) in [4.78, 5) is 8.22. The lowest BCUT2D eigenvalue weighted by atomic mass is 10.1. The fraction of sp³-hybridized carbons (Fsp3) is 0.273. The van der Waals surface area contributed by atoms with E-state index in [0.29, 0.717) is 0 Å². The number of rotatable bonds is 4. The Balaban J connectivity index is 2.13.